The van der Waals surface area contributed by atoms with Crippen molar-refractivity contribution in [1.82, 2.24) is 10.2 Å². The first-order chi connectivity index (χ1) is 11.2. The van der Waals surface area contributed by atoms with Gasteiger partial charge in [0, 0.05) is 6.54 Å². The summed E-state index contributed by atoms with van der Waals surface area (Å²) in [6, 6.07) is 7.18. The van der Waals surface area contributed by atoms with Crippen molar-refractivity contribution in [1.29, 1.82) is 5.26 Å². The fraction of sp³-hybridized carbons (Fsp3) is 0.353. The van der Waals surface area contributed by atoms with Gasteiger partial charge in [-0.3, -0.25) is 0 Å². The SMILES string of the molecule is Cc1nnc(NCC(C)c2ccc(C(F)(F)F)cc2)c(C#N)c1C. The van der Waals surface area contributed by atoms with Crippen molar-refractivity contribution in [3.05, 3.63) is 52.2 Å². The van der Waals surface area contributed by atoms with Gasteiger partial charge in [0.05, 0.1) is 11.3 Å². The lowest BCUT2D eigenvalue weighted by molar-refractivity contribution is -0.137. The second kappa shape index (κ2) is 6.87. The van der Waals surface area contributed by atoms with Crippen LogP contribution in [0.3, 0.4) is 0 Å². The molecule has 1 aromatic carbocycles. The number of anilines is 1. The smallest absolute Gasteiger partial charge is 0.367 e. The summed E-state index contributed by atoms with van der Waals surface area (Å²) in [5, 5.41) is 20.3. The van der Waals surface area contributed by atoms with Crippen molar-refractivity contribution in [2.24, 2.45) is 0 Å². The third kappa shape index (κ3) is 3.82. The van der Waals surface area contributed by atoms with Gasteiger partial charge in [-0.25, -0.2) is 0 Å². The van der Waals surface area contributed by atoms with E-state index >= 15 is 0 Å². The molecular weight excluding hydrogens is 317 g/mol. The van der Waals surface area contributed by atoms with E-state index in [1.54, 1.807) is 13.8 Å². The number of nitriles is 1. The molecule has 126 valence electrons. The number of aromatic nitrogens is 2. The van der Waals surface area contributed by atoms with Crippen molar-refractivity contribution < 1.29 is 13.2 Å². The second-order valence-corrected chi connectivity index (χ2v) is 5.65. The molecular formula is C17H17F3N4. The van der Waals surface area contributed by atoms with E-state index < -0.39 is 11.7 Å². The first-order valence-corrected chi connectivity index (χ1v) is 7.39. The summed E-state index contributed by atoms with van der Waals surface area (Å²) < 4.78 is 37.8. The molecule has 7 heteroatoms. The lowest BCUT2D eigenvalue weighted by Gasteiger charge is -2.16. The van der Waals surface area contributed by atoms with E-state index in [9.17, 15) is 18.4 Å². The molecule has 4 nitrogen and oxygen atoms in total. The number of hydrogen-bond acceptors (Lipinski definition) is 4. The molecule has 2 rings (SSSR count). The van der Waals surface area contributed by atoms with Gasteiger partial charge >= 0.3 is 6.18 Å². The number of halogens is 3. The third-order valence-electron chi connectivity index (χ3n) is 3.95. The van der Waals surface area contributed by atoms with Gasteiger partial charge < -0.3 is 5.32 Å². The number of hydrogen-bond donors (Lipinski definition) is 1. The molecule has 0 aliphatic heterocycles. The molecule has 1 atom stereocenters. The molecule has 0 fully saturated rings. The van der Waals surface area contributed by atoms with Gasteiger partial charge in [0.15, 0.2) is 5.82 Å². The lowest BCUT2D eigenvalue weighted by Crippen LogP contribution is -2.14. The number of nitrogens with zero attached hydrogens (tertiary/aromatic N) is 3. The van der Waals surface area contributed by atoms with E-state index in [1.165, 1.54) is 12.1 Å². The summed E-state index contributed by atoms with van der Waals surface area (Å²) >= 11 is 0. The molecule has 0 spiro atoms. The summed E-state index contributed by atoms with van der Waals surface area (Å²) in [7, 11) is 0. The van der Waals surface area contributed by atoms with E-state index in [4.69, 9.17) is 0 Å². The highest BCUT2D eigenvalue weighted by atomic mass is 19.4. The van der Waals surface area contributed by atoms with Crippen molar-refractivity contribution >= 4 is 5.82 Å². The highest BCUT2D eigenvalue weighted by molar-refractivity contribution is 5.55. The number of alkyl halides is 3. The van der Waals surface area contributed by atoms with Crippen molar-refractivity contribution in [3.63, 3.8) is 0 Å². The Bertz CT molecular complexity index is 761. The van der Waals surface area contributed by atoms with E-state index in [1.807, 2.05) is 6.92 Å². The highest BCUT2D eigenvalue weighted by Gasteiger charge is 2.30. The molecule has 0 aliphatic rings. The van der Waals surface area contributed by atoms with Gasteiger partial charge in [-0.15, -0.1) is 5.10 Å². The van der Waals surface area contributed by atoms with Gasteiger partial charge in [0.2, 0.25) is 0 Å². The van der Waals surface area contributed by atoms with E-state index in [0.29, 0.717) is 23.6 Å². The summed E-state index contributed by atoms with van der Waals surface area (Å²) in [5.74, 6) is 0.335. The maximum Gasteiger partial charge on any atom is 0.416 e. The molecule has 1 heterocycles. The fourth-order valence-corrected chi connectivity index (χ4v) is 2.24. The Morgan fingerprint density at radius 1 is 1.17 bits per heavy atom. The Morgan fingerprint density at radius 2 is 1.79 bits per heavy atom. The van der Waals surface area contributed by atoms with Gasteiger partial charge in [0.25, 0.3) is 0 Å². The monoisotopic (exact) mass is 334 g/mol. The summed E-state index contributed by atoms with van der Waals surface area (Å²) in [6.07, 6.45) is -4.34. The molecule has 0 saturated heterocycles. The van der Waals surface area contributed by atoms with Crippen LogP contribution in [0.25, 0.3) is 0 Å². The van der Waals surface area contributed by atoms with Gasteiger partial charge in [0.1, 0.15) is 11.6 Å². The summed E-state index contributed by atoms with van der Waals surface area (Å²) in [5.41, 5.74) is 1.98. The van der Waals surface area contributed by atoms with Crippen LogP contribution in [0, 0.1) is 25.2 Å². The predicted octanol–water partition coefficient (Wildman–Crippen LogP) is 4.20. The Labute approximate surface area is 138 Å². The second-order valence-electron chi connectivity index (χ2n) is 5.65. The predicted molar refractivity (Wildman–Crippen MR) is 84.6 cm³/mol. The molecule has 0 aliphatic carbocycles. The maximum atomic E-state index is 12.6. The van der Waals surface area contributed by atoms with Crippen LogP contribution in [-0.4, -0.2) is 16.7 Å². The zero-order valence-corrected chi connectivity index (χ0v) is 13.6. The van der Waals surface area contributed by atoms with Crippen LogP contribution in [0.15, 0.2) is 24.3 Å². The Morgan fingerprint density at radius 3 is 2.33 bits per heavy atom. The van der Waals surface area contributed by atoms with Crippen LogP contribution in [-0.2, 0) is 6.18 Å². The topological polar surface area (TPSA) is 61.6 Å². The first-order valence-electron chi connectivity index (χ1n) is 7.39. The van der Waals surface area contributed by atoms with E-state index in [2.05, 4.69) is 21.6 Å². The maximum absolute atomic E-state index is 12.6. The highest BCUT2D eigenvalue weighted by Crippen LogP contribution is 2.30. The molecule has 2 aromatic rings. The molecule has 0 bridgehead atoms. The van der Waals surface area contributed by atoms with E-state index in [-0.39, 0.29) is 5.92 Å². The van der Waals surface area contributed by atoms with Crippen LogP contribution in [0.4, 0.5) is 19.0 Å². The Kier molecular flexibility index (Phi) is 5.07. The van der Waals surface area contributed by atoms with Crippen LogP contribution >= 0.6 is 0 Å². The zero-order chi connectivity index (χ0) is 17.9. The first kappa shape index (κ1) is 17.7. The lowest BCUT2D eigenvalue weighted by atomic mass is 9.99. The van der Waals surface area contributed by atoms with Gasteiger partial charge in [-0.1, -0.05) is 19.1 Å². The van der Waals surface area contributed by atoms with Crippen LogP contribution in [0.1, 0.15) is 40.8 Å². The minimum absolute atomic E-state index is 0.0535. The third-order valence-corrected chi connectivity index (χ3v) is 3.95. The number of rotatable bonds is 4. The molecule has 0 radical (unpaired) electrons. The quantitative estimate of drug-likeness (QED) is 0.910. The molecule has 0 amide bonds. The molecule has 0 saturated carbocycles. The van der Waals surface area contributed by atoms with Gasteiger partial charge in [-0.2, -0.15) is 23.5 Å². The average molecular weight is 334 g/mol. The Hall–Kier alpha value is -2.62. The number of aryl methyl sites for hydroxylation is 1. The van der Waals surface area contributed by atoms with Crippen LogP contribution in [0.2, 0.25) is 0 Å². The van der Waals surface area contributed by atoms with Crippen molar-refractivity contribution in [2.45, 2.75) is 32.9 Å². The summed E-state index contributed by atoms with van der Waals surface area (Å²) in [4.78, 5) is 0. The molecule has 1 N–H and O–H groups in total. The van der Waals surface area contributed by atoms with Crippen LogP contribution < -0.4 is 5.32 Å². The fourth-order valence-electron chi connectivity index (χ4n) is 2.24. The number of nitrogens with one attached hydrogen (secondary N) is 1. The van der Waals surface area contributed by atoms with Crippen molar-refractivity contribution in [3.8, 4) is 6.07 Å². The zero-order valence-electron chi connectivity index (χ0n) is 13.6. The largest absolute Gasteiger partial charge is 0.416 e. The van der Waals surface area contributed by atoms with E-state index in [0.717, 1.165) is 23.3 Å². The van der Waals surface area contributed by atoms with Gasteiger partial charge in [-0.05, 0) is 43.0 Å². The normalized spacial score (nSPS) is 12.5. The minimum Gasteiger partial charge on any atom is -0.367 e. The van der Waals surface area contributed by atoms with Crippen molar-refractivity contribution in [2.75, 3.05) is 11.9 Å². The summed E-state index contributed by atoms with van der Waals surface area (Å²) in [6.45, 7) is 5.89. The molecule has 1 unspecified atom stereocenters. The standard InChI is InChI=1S/C17H17F3N4/c1-10(13-4-6-14(7-5-13)17(18,19)20)9-22-16-15(8-21)11(2)12(3)23-24-16/h4-7,10H,9H2,1-3H3,(H,22,24). The van der Waals surface area contributed by atoms with Crippen LogP contribution in [0.5, 0.6) is 0 Å². The minimum atomic E-state index is -4.34. The number of benzene rings is 1. The molecule has 24 heavy (non-hydrogen) atoms. The Balaban J connectivity index is 2.10. The molecule has 1 aromatic heterocycles. The average Bonchev–Trinajstić information content (AvgIpc) is 2.55.